The van der Waals surface area contributed by atoms with Crippen molar-refractivity contribution in [1.29, 1.82) is 0 Å². The van der Waals surface area contributed by atoms with Crippen LogP contribution in [0.25, 0.3) is 0 Å². The van der Waals surface area contributed by atoms with E-state index in [4.69, 9.17) is 4.74 Å². The lowest BCUT2D eigenvalue weighted by atomic mass is 9.95. The highest BCUT2D eigenvalue weighted by Gasteiger charge is 2.30. The summed E-state index contributed by atoms with van der Waals surface area (Å²) in [5, 5.41) is 5.56. The van der Waals surface area contributed by atoms with Crippen molar-refractivity contribution in [3.8, 4) is 0 Å². The molecule has 150 valence electrons. The third-order valence-corrected chi connectivity index (χ3v) is 4.36. The van der Waals surface area contributed by atoms with Crippen LogP contribution in [0.2, 0.25) is 0 Å². The fraction of sp³-hybridized carbons (Fsp3) is 0.842. The Hall–Kier alpha value is -1.79. The van der Waals surface area contributed by atoms with E-state index in [0.717, 1.165) is 25.8 Å². The summed E-state index contributed by atoms with van der Waals surface area (Å²) in [6.07, 6.45) is 3.98. The van der Waals surface area contributed by atoms with Gasteiger partial charge in [-0.2, -0.15) is 0 Å². The van der Waals surface area contributed by atoms with Crippen molar-refractivity contribution >= 4 is 17.9 Å². The highest BCUT2D eigenvalue weighted by atomic mass is 16.6. The van der Waals surface area contributed by atoms with Gasteiger partial charge in [0, 0.05) is 25.6 Å². The summed E-state index contributed by atoms with van der Waals surface area (Å²) in [5.41, 5.74) is -0.602. The first kappa shape index (κ1) is 22.3. The molecule has 0 aromatic rings. The molecule has 0 spiro atoms. The molecule has 1 aliphatic heterocycles. The van der Waals surface area contributed by atoms with Crippen molar-refractivity contribution in [2.45, 2.75) is 78.4 Å². The minimum atomic E-state index is -0.649. The van der Waals surface area contributed by atoms with Crippen LogP contribution in [-0.2, 0) is 14.3 Å². The van der Waals surface area contributed by atoms with E-state index in [9.17, 15) is 14.4 Å². The lowest BCUT2D eigenvalue weighted by Gasteiger charge is -2.33. The number of hydrogen-bond donors (Lipinski definition) is 2. The van der Waals surface area contributed by atoms with E-state index in [0.29, 0.717) is 25.9 Å². The van der Waals surface area contributed by atoms with Crippen LogP contribution in [0.5, 0.6) is 0 Å². The first-order valence-electron chi connectivity index (χ1n) is 9.70. The van der Waals surface area contributed by atoms with Crippen LogP contribution in [0, 0.1) is 5.92 Å². The number of carbonyl (C=O) groups excluding carboxylic acids is 3. The zero-order valence-corrected chi connectivity index (χ0v) is 16.9. The number of alkyl carbamates (subject to hydrolysis) is 1. The SMILES string of the molecule is CCCCCNC(=O)C1CCN(C(=O)[C@@H](C)NC(=O)OC(C)(C)C)CC1. The average Bonchev–Trinajstić information content (AvgIpc) is 2.56. The first-order chi connectivity index (χ1) is 12.1. The number of hydrogen-bond acceptors (Lipinski definition) is 4. The molecule has 0 radical (unpaired) electrons. The Kier molecular flexibility index (Phi) is 8.88. The van der Waals surface area contributed by atoms with Crippen molar-refractivity contribution in [2.24, 2.45) is 5.92 Å². The summed E-state index contributed by atoms with van der Waals surface area (Å²) < 4.78 is 5.18. The summed E-state index contributed by atoms with van der Waals surface area (Å²) >= 11 is 0. The second-order valence-corrected chi connectivity index (χ2v) is 7.97. The van der Waals surface area contributed by atoms with Crippen molar-refractivity contribution in [1.82, 2.24) is 15.5 Å². The van der Waals surface area contributed by atoms with Gasteiger partial charge in [-0.1, -0.05) is 19.8 Å². The van der Waals surface area contributed by atoms with E-state index in [1.54, 1.807) is 32.6 Å². The quantitative estimate of drug-likeness (QED) is 0.675. The van der Waals surface area contributed by atoms with Gasteiger partial charge in [-0.05, 0) is 47.0 Å². The molecule has 26 heavy (non-hydrogen) atoms. The van der Waals surface area contributed by atoms with Gasteiger partial charge in [0.1, 0.15) is 11.6 Å². The molecule has 1 saturated heterocycles. The van der Waals surface area contributed by atoms with Crippen LogP contribution in [0.3, 0.4) is 0 Å². The second kappa shape index (κ2) is 10.4. The molecule has 2 N–H and O–H groups in total. The highest BCUT2D eigenvalue weighted by molar-refractivity contribution is 5.86. The molecular formula is C19H35N3O4. The van der Waals surface area contributed by atoms with Gasteiger partial charge in [-0.3, -0.25) is 9.59 Å². The fourth-order valence-corrected chi connectivity index (χ4v) is 2.91. The van der Waals surface area contributed by atoms with Gasteiger partial charge in [-0.25, -0.2) is 4.79 Å². The van der Waals surface area contributed by atoms with Crippen LogP contribution < -0.4 is 10.6 Å². The molecule has 7 nitrogen and oxygen atoms in total. The number of nitrogens with zero attached hydrogens (tertiary/aromatic N) is 1. The molecule has 1 atom stereocenters. The molecule has 0 aliphatic carbocycles. The van der Waals surface area contributed by atoms with E-state index in [-0.39, 0.29) is 17.7 Å². The van der Waals surface area contributed by atoms with Gasteiger partial charge < -0.3 is 20.3 Å². The standard InChI is InChI=1S/C19H35N3O4/c1-6-7-8-11-20-16(23)15-9-12-22(13-10-15)17(24)14(2)21-18(25)26-19(3,4)5/h14-15H,6-13H2,1-5H3,(H,20,23)(H,21,25)/t14-/m1/s1. The molecule has 0 aromatic heterocycles. The first-order valence-corrected chi connectivity index (χ1v) is 9.70. The van der Waals surface area contributed by atoms with Crippen molar-refractivity contribution in [2.75, 3.05) is 19.6 Å². The Morgan fingerprint density at radius 3 is 2.31 bits per heavy atom. The molecule has 1 rings (SSSR count). The molecule has 1 heterocycles. The zero-order valence-electron chi connectivity index (χ0n) is 16.9. The van der Waals surface area contributed by atoms with Crippen LogP contribution in [0.4, 0.5) is 4.79 Å². The molecule has 3 amide bonds. The summed E-state index contributed by atoms with van der Waals surface area (Å²) in [6, 6.07) is -0.649. The monoisotopic (exact) mass is 369 g/mol. The second-order valence-electron chi connectivity index (χ2n) is 7.97. The van der Waals surface area contributed by atoms with Gasteiger partial charge >= 0.3 is 6.09 Å². The highest BCUT2D eigenvalue weighted by Crippen LogP contribution is 2.18. The van der Waals surface area contributed by atoms with Crippen LogP contribution in [-0.4, -0.2) is 54.1 Å². The third-order valence-electron chi connectivity index (χ3n) is 4.36. The van der Waals surface area contributed by atoms with Gasteiger partial charge in [0.05, 0.1) is 0 Å². The molecule has 1 fully saturated rings. The number of amides is 3. The molecule has 7 heteroatoms. The Morgan fingerprint density at radius 1 is 1.15 bits per heavy atom. The van der Waals surface area contributed by atoms with E-state index < -0.39 is 17.7 Å². The number of unbranched alkanes of at least 4 members (excludes halogenated alkanes) is 2. The normalized spacial score (nSPS) is 16.7. The zero-order chi connectivity index (χ0) is 19.7. The molecule has 0 saturated carbocycles. The summed E-state index contributed by atoms with van der Waals surface area (Å²) in [6.45, 7) is 10.9. The molecule has 1 aliphatic rings. The van der Waals surface area contributed by atoms with Crippen LogP contribution >= 0.6 is 0 Å². The van der Waals surface area contributed by atoms with E-state index in [1.165, 1.54) is 0 Å². The van der Waals surface area contributed by atoms with E-state index in [2.05, 4.69) is 17.6 Å². The Bertz CT molecular complexity index is 480. The lowest BCUT2D eigenvalue weighted by molar-refractivity contribution is -0.137. The van der Waals surface area contributed by atoms with Crippen molar-refractivity contribution in [3.63, 3.8) is 0 Å². The smallest absolute Gasteiger partial charge is 0.408 e. The molecular weight excluding hydrogens is 334 g/mol. The lowest BCUT2D eigenvalue weighted by Crippen LogP contribution is -2.51. The number of nitrogens with one attached hydrogen (secondary N) is 2. The van der Waals surface area contributed by atoms with Crippen LogP contribution in [0.1, 0.15) is 66.7 Å². The van der Waals surface area contributed by atoms with Gasteiger partial charge in [0.15, 0.2) is 0 Å². The Labute approximate surface area is 157 Å². The Morgan fingerprint density at radius 2 is 1.77 bits per heavy atom. The van der Waals surface area contributed by atoms with E-state index in [1.807, 2.05) is 0 Å². The summed E-state index contributed by atoms with van der Waals surface area (Å²) in [4.78, 5) is 38.1. The maximum absolute atomic E-state index is 12.5. The minimum Gasteiger partial charge on any atom is -0.444 e. The molecule has 0 aromatic carbocycles. The third kappa shape index (κ3) is 8.06. The maximum Gasteiger partial charge on any atom is 0.408 e. The number of rotatable bonds is 7. The molecule has 0 bridgehead atoms. The average molecular weight is 370 g/mol. The van der Waals surface area contributed by atoms with Crippen LogP contribution in [0.15, 0.2) is 0 Å². The maximum atomic E-state index is 12.5. The summed E-state index contributed by atoms with van der Waals surface area (Å²) in [7, 11) is 0. The number of piperidine rings is 1. The number of carbonyl (C=O) groups is 3. The van der Waals surface area contributed by atoms with Gasteiger partial charge in [0.25, 0.3) is 0 Å². The fourth-order valence-electron chi connectivity index (χ4n) is 2.91. The largest absolute Gasteiger partial charge is 0.444 e. The van der Waals surface area contributed by atoms with Crippen molar-refractivity contribution in [3.05, 3.63) is 0 Å². The van der Waals surface area contributed by atoms with E-state index >= 15 is 0 Å². The topological polar surface area (TPSA) is 87.7 Å². The van der Waals surface area contributed by atoms with Crippen molar-refractivity contribution < 1.29 is 19.1 Å². The molecule has 0 unspecified atom stereocenters. The van der Waals surface area contributed by atoms with Gasteiger partial charge in [0.2, 0.25) is 11.8 Å². The minimum absolute atomic E-state index is 0.0326. The number of ether oxygens (including phenoxy) is 1. The summed E-state index contributed by atoms with van der Waals surface area (Å²) in [5.74, 6) is -0.0828. The van der Waals surface area contributed by atoms with Gasteiger partial charge in [-0.15, -0.1) is 0 Å². The number of likely N-dealkylation sites (tertiary alicyclic amines) is 1. The Balaban J connectivity index is 2.36. The predicted octanol–water partition coefficient (Wildman–Crippen LogP) is 2.44. The predicted molar refractivity (Wildman–Crippen MR) is 101 cm³/mol.